The summed E-state index contributed by atoms with van der Waals surface area (Å²) in [5.74, 6) is -1.03. The van der Waals surface area contributed by atoms with Crippen molar-refractivity contribution in [2.24, 2.45) is 0 Å². The topological polar surface area (TPSA) is 102 Å². The summed E-state index contributed by atoms with van der Waals surface area (Å²) >= 11 is 0. The van der Waals surface area contributed by atoms with Crippen molar-refractivity contribution in [3.63, 3.8) is 0 Å². The lowest BCUT2D eigenvalue weighted by molar-refractivity contribution is -0.152. The van der Waals surface area contributed by atoms with Crippen molar-refractivity contribution < 1.29 is 19.1 Å². The van der Waals surface area contributed by atoms with Gasteiger partial charge in [-0.2, -0.15) is 5.10 Å². The molecule has 2 rings (SSSR count). The fraction of sp³-hybridized carbons (Fsp3) is 0.368. The van der Waals surface area contributed by atoms with Crippen LogP contribution in [0, 0.1) is 6.92 Å². The second-order valence-corrected chi connectivity index (χ2v) is 6.37. The fourth-order valence-electron chi connectivity index (χ4n) is 2.42. The smallest absolute Gasteiger partial charge is 0.326 e. The van der Waals surface area contributed by atoms with E-state index in [1.54, 1.807) is 29.1 Å². The number of anilines is 1. The molecule has 0 saturated heterocycles. The van der Waals surface area contributed by atoms with Crippen molar-refractivity contribution in [2.75, 3.05) is 11.9 Å². The van der Waals surface area contributed by atoms with Crippen LogP contribution in [0.1, 0.15) is 42.7 Å². The third kappa shape index (κ3) is 5.40. The van der Waals surface area contributed by atoms with Gasteiger partial charge in [-0.05, 0) is 39.3 Å². The van der Waals surface area contributed by atoms with Gasteiger partial charge in [0.15, 0.2) is 6.10 Å². The molecule has 0 spiro atoms. The Labute approximate surface area is 157 Å². The third-order valence-corrected chi connectivity index (χ3v) is 3.87. The van der Waals surface area contributed by atoms with E-state index >= 15 is 0 Å². The Morgan fingerprint density at radius 1 is 1.15 bits per heavy atom. The first-order valence-corrected chi connectivity index (χ1v) is 8.67. The van der Waals surface area contributed by atoms with Crippen LogP contribution in [0.25, 0.3) is 0 Å². The number of carbonyl (C=O) groups excluding carboxylic acids is 3. The average Bonchev–Trinajstić information content (AvgIpc) is 3.08. The predicted octanol–water partition coefficient (Wildman–Crippen LogP) is 2.07. The molecular weight excluding hydrogens is 348 g/mol. The van der Waals surface area contributed by atoms with E-state index < -0.39 is 18.0 Å². The second kappa shape index (κ2) is 8.98. The number of esters is 1. The van der Waals surface area contributed by atoms with Crippen LogP contribution in [0.2, 0.25) is 0 Å². The van der Waals surface area contributed by atoms with Gasteiger partial charge < -0.3 is 15.4 Å². The number of nitrogens with zero attached hydrogens (tertiary/aromatic N) is 2. The third-order valence-electron chi connectivity index (χ3n) is 3.87. The molecular formula is C19H24N4O4. The lowest BCUT2D eigenvalue weighted by Crippen LogP contribution is -2.36. The maximum absolute atomic E-state index is 12.2. The van der Waals surface area contributed by atoms with E-state index in [0.717, 1.165) is 5.56 Å². The number of hydrogen-bond acceptors (Lipinski definition) is 5. The largest absolute Gasteiger partial charge is 0.451 e. The molecule has 0 aliphatic heterocycles. The van der Waals surface area contributed by atoms with E-state index in [1.165, 1.54) is 6.92 Å². The lowest BCUT2D eigenvalue weighted by Gasteiger charge is -2.16. The highest BCUT2D eigenvalue weighted by Crippen LogP contribution is 2.13. The summed E-state index contributed by atoms with van der Waals surface area (Å²) in [5.41, 5.74) is 1.29. The molecule has 0 aliphatic rings. The number of benzene rings is 1. The highest BCUT2D eigenvalue weighted by molar-refractivity contribution is 5.98. The zero-order valence-electron chi connectivity index (χ0n) is 15.9. The quantitative estimate of drug-likeness (QED) is 0.725. The molecule has 144 valence electrons. The second-order valence-electron chi connectivity index (χ2n) is 6.37. The molecule has 2 amide bonds. The van der Waals surface area contributed by atoms with Crippen LogP contribution in [0.3, 0.4) is 0 Å². The van der Waals surface area contributed by atoms with Crippen molar-refractivity contribution in [2.45, 2.75) is 39.8 Å². The number of nitrogens with one attached hydrogen (secondary N) is 2. The van der Waals surface area contributed by atoms with Crippen molar-refractivity contribution in [1.82, 2.24) is 15.1 Å². The number of aromatic nitrogens is 2. The van der Waals surface area contributed by atoms with Gasteiger partial charge in [0, 0.05) is 17.7 Å². The van der Waals surface area contributed by atoms with E-state index in [0.29, 0.717) is 11.4 Å². The van der Waals surface area contributed by atoms with Crippen LogP contribution in [0.5, 0.6) is 0 Å². The van der Waals surface area contributed by atoms with E-state index in [-0.39, 0.29) is 18.5 Å². The summed E-state index contributed by atoms with van der Waals surface area (Å²) in [6.07, 6.45) is 0.566. The Kier molecular flexibility index (Phi) is 6.70. The SMILES string of the molecule is Cc1ccccc1C(=O)NCC(=O)O[C@@H](C)C(=O)Nc1ccnn1C(C)C. The van der Waals surface area contributed by atoms with Crippen LogP contribution < -0.4 is 10.6 Å². The van der Waals surface area contributed by atoms with Gasteiger partial charge in [0.2, 0.25) is 0 Å². The molecule has 27 heavy (non-hydrogen) atoms. The average molecular weight is 372 g/mol. The van der Waals surface area contributed by atoms with E-state index in [2.05, 4.69) is 15.7 Å². The van der Waals surface area contributed by atoms with Crippen LogP contribution in [0.4, 0.5) is 5.82 Å². The first-order chi connectivity index (χ1) is 12.8. The van der Waals surface area contributed by atoms with Gasteiger partial charge in [-0.3, -0.25) is 14.4 Å². The van der Waals surface area contributed by atoms with Crippen LogP contribution in [0.15, 0.2) is 36.5 Å². The summed E-state index contributed by atoms with van der Waals surface area (Å²) in [6, 6.07) is 8.78. The van der Waals surface area contributed by atoms with Crippen LogP contribution in [-0.2, 0) is 14.3 Å². The van der Waals surface area contributed by atoms with Gasteiger partial charge in [0.05, 0.1) is 6.20 Å². The van der Waals surface area contributed by atoms with E-state index in [4.69, 9.17) is 4.74 Å². The molecule has 0 bridgehead atoms. The van der Waals surface area contributed by atoms with E-state index in [1.807, 2.05) is 32.9 Å². The zero-order valence-corrected chi connectivity index (χ0v) is 15.9. The van der Waals surface area contributed by atoms with Crippen molar-refractivity contribution in [3.05, 3.63) is 47.7 Å². The number of hydrogen-bond donors (Lipinski definition) is 2. The highest BCUT2D eigenvalue weighted by atomic mass is 16.5. The van der Waals surface area contributed by atoms with Gasteiger partial charge in [-0.15, -0.1) is 0 Å². The Morgan fingerprint density at radius 3 is 2.52 bits per heavy atom. The Hall–Kier alpha value is -3.16. The molecule has 1 atom stereocenters. The van der Waals surface area contributed by atoms with Crippen molar-refractivity contribution >= 4 is 23.6 Å². The molecule has 0 saturated carbocycles. The minimum absolute atomic E-state index is 0.0739. The fourth-order valence-corrected chi connectivity index (χ4v) is 2.42. The summed E-state index contributed by atoms with van der Waals surface area (Å²) in [7, 11) is 0. The standard InChI is InChI=1S/C19H24N4O4/c1-12(2)23-16(9-10-21-23)22-18(25)14(4)27-17(24)11-20-19(26)15-8-6-5-7-13(15)3/h5-10,12,14H,11H2,1-4H3,(H,20,26)(H,22,25)/t14-/m0/s1. The normalized spacial score (nSPS) is 11.7. The van der Waals surface area contributed by atoms with Gasteiger partial charge in [-0.1, -0.05) is 18.2 Å². The Balaban J connectivity index is 1.84. The zero-order chi connectivity index (χ0) is 20.0. The first kappa shape index (κ1) is 20.2. The summed E-state index contributed by atoms with van der Waals surface area (Å²) in [5, 5.41) is 9.29. The maximum Gasteiger partial charge on any atom is 0.326 e. The molecule has 8 heteroatoms. The maximum atomic E-state index is 12.2. The number of ether oxygens (including phenoxy) is 1. The Bertz CT molecular complexity index is 829. The van der Waals surface area contributed by atoms with Crippen molar-refractivity contribution in [3.8, 4) is 0 Å². The minimum atomic E-state index is -1.01. The summed E-state index contributed by atoms with van der Waals surface area (Å²) in [4.78, 5) is 36.2. The number of amides is 2. The van der Waals surface area contributed by atoms with Crippen LogP contribution >= 0.6 is 0 Å². The summed E-state index contributed by atoms with van der Waals surface area (Å²) < 4.78 is 6.73. The molecule has 1 aromatic carbocycles. The summed E-state index contributed by atoms with van der Waals surface area (Å²) in [6.45, 7) is 6.81. The van der Waals surface area contributed by atoms with Gasteiger partial charge in [-0.25, -0.2) is 4.68 Å². The molecule has 8 nitrogen and oxygen atoms in total. The minimum Gasteiger partial charge on any atom is -0.451 e. The molecule has 2 aromatic rings. The first-order valence-electron chi connectivity index (χ1n) is 8.67. The molecule has 0 fully saturated rings. The molecule has 2 N–H and O–H groups in total. The molecule has 0 radical (unpaired) electrons. The van der Waals surface area contributed by atoms with Gasteiger partial charge in [0.25, 0.3) is 11.8 Å². The predicted molar refractivity (Wildman–Crippen MR) is 100 cm³/mol. The molecule has 1 aromatic heterocycles. The molecule has 0 unspecified atom stereocenters. The molecule has 1 heterocycles. The van der Waals surface area contributed by atoms with Crippen LogP contribution in [-0.4, -0.2) is 40.2 Å². The number of aryl methyl sites for hydroxylation is 1. The molecule has 0 aliphatic carbocycles. The van der Waals surface area contributed by atoms with E-state index in [9.17, 15) is 14.4 Å². The van der Waals surface area contributed by atoms with Crippen molar-refractivity contribution in [1.29, 1.82) is 0 Å². The lowest BCUT2D eigenvalue weighted by atomic mass is 10.1. The monoisotopic (exact) mass is 372 g/mol. The Morgan fingerprint density at radius 2 is 1.85 bits per heavy atom. The highest BCUT2D eigenvalue weighted by Gasteiger charge is 2.20. The van der Waals surface area contributed by atoms with Gasteiger partial charge in [0.1, 0.15) is 12.4 Å². The number of carbonyl (C=O) groups is 3. The van der Waals surface area contributed by atoms with Gasteiger partial charge >= 0.3 is 5.97 Å². The number of rotatable bonds is 7.